The lowest BCUT2D eigenvalue weighted by Crippen LogP contribution is -2.31. The van der Waals surface area contributed by atoms with E-state index in [1.807, 2.05) is 0 Å². The molecule has 1 aromatic rings. The Morgan fingerprint density at radius 3 is 2.72 bits per heavy atom. The third-order valence-corrected chi connectivity index (χ3v) is 4.91. The van der Waals surface area contributed by atoms with Crippen molar-refractivity contribution in [1.82, 2.24) is 0 Å². The summed E-state index contributed by atoms with van der Waals surface area (Å²) < 4.78 is 0. The van der Waals surface area contributed by atoms with E-state index in [-0.39, 0.29) is 5.41 Å². The minimum atomic E-state index is -0.177. The number of benzene rings is 1. The summed E-state index contributed by atoms with van der Waals surface area (Å²) in [7, 11) is 0. The summed E-state index contributed by atoms with van der Waals surface area (Å²) in [5.74, 6) is 0.788. The number of fused-ring (bicyclic) bond motifs is 1. The van der Waals surface area contributed by atoms with Crippen LogP contribution in [0.3, 0.4) is 0 Å². The van der Waals surface area contributed by atoms with E-state index in [2.05, 4.69) is 30.3 Å². The summed E-state index contributed by atoms with van der Waals surface area (Å²) >= 11 is 0. The number of hydrogen-bond donors (Lipinski definition) is 0. The molecule has 0 heterocycles. The largest absolute Gasteiger partial charge is 0.197 e. The fourth-order valence-electron chi connectivity index (χ4n) is 4.00. The number of rotatable bonds is 2. The highest BCUT2D eigenvalue weighted by Crippen LogP contribution is 2.44. The van der Waals surface area contributed by atoms with Crippen LogP contribution in [0.1, 0.15) is 56.1 Å². The van der Waals surface area contributed by atoms with Gasteiger partial charge in [-0.3, -0.25) is 0 Å². The molecule has 94 valence electrons. The Morgan fingerprint density at radius 2 is 1.94 bits per heavy atom. The molecular formula is C17H21N. The Kier molecular flexibility index (Phi) is 3.12. The van der Waals surface area contributed by atoms with Crippen LogP contribution in [0.5, 0.6) is 0 Å². The van der Waals surface area contributed by atoms with Crippen molar-refractivity contribution in [3.05, 3.63) is 35.4 Å². The van der Waals surface area contributed by atoms with Gasteiger partial charge in [-0.1, -0.05) is 49.9 Å². The maximum Gasteiger partial charge on any atom is 0.0827 e. The molecule has 0 spiro atoms. The third-order valence-electron chi connectivity index (χ3n) is 4.91. The smallest absolute Gasteiger partial charge is 0.0827 e. The van der Waals surface area contributed by atoms with Gasteiger partial charge in [0.1, 0.15) is 0 Å². The lowest BCUT2D eigenvalue weighted by Gasteiger charge is -2.35. The molecule has 0 aliphatic heterocycles. The van der Waals surface area contributed by atoms with E-state index in [1.54, 1.807) is 0 Å². The van der Waals surface area contributed by atoms with Gasteiger partial charge < -0.3 is 0 Å². The minimum Gasteiger partial charge on any atom is -0.197 e. The van der Waals surface area contributed by atoms with E-state index in [0.717, 1.165) is 25.2 Å². The summed E-state index contributed by atoms with van der Waals surface area (Å²) in [5.41, 5.74) is 2.58. The van der Waals surface area contributed by atoms with E-state index in [0.29, 0.717) is 0 Å². The maximum atomic E-state index is 9.80. The van der Waals surface area contributed by atoms with Crippen LogP contribution in [0, 0.1) is 17.2 Å². The van der Waals surface area contributed by atoms with Gasteiger partial charge in [-0.15, -0.1) is 0 Å². The topological polar surface area (TPSA) is 23.8 Å². The third kappa shape index (κ3) is 1.94. The molecule has 0 amide bonds. The van der Waals surface area contributed by atoms with Crippen LogP contribution in [0.25, 0.3) is 0 Å². The van der Waals surface area contributed by atoms with E-state index in [1.165, 1.54) is 43.2 Å². The summed E-state index contributed by atoms with van der Waals surface area (Å²) in [6, 6.07) is 11.3. The normalized spacial score (nSPS) is 27.7. The second-order valence-corrected chi connectivity index (χ2v) is 6.06. The molecule has 1 unspecified atom stereocenters. The highest BCUT2D eigenvalue weighted by Gasteiger charge is 2.39. The first kappa shape index (κ1) is 11.8. The van der Waals surface area contributed by atoms with Gasteiger partial charge in [0.05, 0.1) is 11.5 Å². The first-order chi connectivity index (χ1) is 8.84. The lowest BCUT2D eigenvalue weighted by molar-refractivity contribution is 0.342. The first-order valence-electron chi connectivity index (χ1n) is 7.34. The van der Waals surface area contributed by atoms with Crippen molar-refractivity contribution in [3.63, 3.8) is 0 Å². The van der Waals surface area contributed by atoms with Gasteiger partial charge in [-0.05, 0) is 42.7 Å². The highest BCUT2D eigenvalue weighted by molar-refractivity contribution is 5.41. The molecule has 0 aromatic heterocycles. The Bertz CT molecular complexity index is 465. The van der Waals surface area contributed by atoms with Crippen molar-refractivity contribution < 1.29 is 0 Å². The number of nitrogens with zero attached hydrogens (tertiary/aromatic N) is 1. The van der Waals surface area contributed by atoms with Crippen LogP contribution in [0.15, 0.2) is 24.3 Å². The van der Waals surface area contributed by atoms with E-state index >= 15 is 0 Å². The quantitative estimate of drug-likeness (QED) is 0.752. The number of nitriles is 1. The average molecular weight is 239 g/mol. The molecule has 2 aliphatic carbocycles. The zero-order chi connectivity index (χ0) is 12.4. The van der Waals surface area contributed by atoms with Gasteiger partial charge in [0.2, 0.25) is 0 Å². The molecule has 1 saturated carbocycles. The molecule has 1 nitrogen and oxygen atoms in total. The molecule has 1 heteroatoms. The van der Waals surface area contributed by atoms with E-state index in [4.69, 9.17) is 0 Å². The monoisotopic (exact) mass is 239 g/mol. The van der Waals surface area contributed by atoms with Crippen molar-refractivity contribution in [1.29, 1.82) is 5.26 Å². The fraction of sp³-hybridized carbons (Fsp3) is 0.588. The summed E-state index contributed by atoms with van der Waals surface area (Å²) in [4.78, 5) is 0. The van der Waals surface area contributed by atoms with Gasteiger partial charge in [0.25, 0.3) is 0 Å². The molecule has 0 radical (unpaired) electrons. The van der Waals surface area contributed by atoms with Crippen molar-refractivity contribution >= 4 is 0 Å². The highest BCUT2D eigenvalue weighted by atomic mass is 14.4. The molecule has 1 aromatic carbocycles. The molecule has 1 atom stereocenters. The molecule has 3 rings (SSSR count). The molecule has 0 saturated heterocycles. The molecule has 0 bridgehead atoms. The predicted octanol–water partition coefficient (Wildman–Crippen LogP) is 4.36. The van der Waals surface area contributed by atoms with Gasteiger partial charge in [-0.2, -0.15) is 5.26 Å². The Labute approximate surface area is 110 Å². The second-order valence-electron chi connectivity index (χ2n) is 6.06. The van der Waals surface area contributed by atoms with Crippen LogP contribution in [-0.2, 0) is 11.8 Å². The van der Waals surface area contributed by atoms with Crippen LogP contribution >= 0.6 is 0 Å². The fourth-order valence-corrected chi connectivity index (χ4v) is 4.00. The SMILES string of the molecule is N#CC1(CC2CCCC2)CCCc2ccccc21. The molecular weight excluding hydrogens is 218 g/mol. The molecule has 2 aliphatic rings. The van der Waals surface area contributed by atoms with Crippen molar-refractivity contribution in [3.8, 4) is 6.07 Å². The number of hydrogen-bond acceptors (Lipinski definition) is 1. The Hall–Kier alpha value is -1.29. The zero-order valence-corrected chi connectivity index (χ0v) is 11.0. The Balaban J connectivity index is 1.94. The predicted molar refractivity (Wildman–Crippen MR) is 73.2 cm³/mol. The number of aryl methyl sites for hydroxylation is 1. The van der Waals surface area contributed by atoms with Crippen LogP contribution in [0.2, 0.25) is 0 Å². The first-order valence-corrected chi connectivity index (χ1v) is 7.34. The van der Waals surface area contributed by atoms with Crippen LogP contribution < -0.4 is 0 Å². The van der Waals surface area contributed by atoms with Crippen LogP contribution in [0.4, 0.5) is 0 Å². The molecule has 1 fully saturated rings. The standard InChI is InChI=1S/C17H21N/c18-13-17(12-14-6-1-2-7-14)11-5-9-15-8-3-4-10-16(15)17/h3-4,8,10,14H,1-2,5-7,9,11-12H2. The van der Waals surface area contributed by atoms with Gasteiger partial charge >= 0.3 is 0 Å². The zero-order valence-electron chi connectivity index (χ0n) is 11.0. The average Bonchev–Trinajstić information content (AvgIpc) is 2.92. The minimum absolute atomic E-state index is 0.177. The second kappa shape index (κ2) is 4.76. The van der Waals surface area contributed by atoms with E-state index in [9.17, 15) is 5.26 Å². The molecule has 0 N–H and O–H groups in total. The Morgan fingerprint density at radius 1 is 1.17 bits per heavy atom. The van der Waals surface area contributed by atoms with E-state index < -0.39 is 0 Å². The van der Waals surface area contributed by atoms with Crippen molar-refractivity contribution in [2.75, 3.05) is 0 Å². The van der Waals surface area contributed by atoms with Gasteiger partial charge in [-0.25, -0.2) is 0 Å². The molecule has 18 heavy (non-hydrogen) atoms. The van der Waals surface area contributed by atoms with Crippen LogP contribution in [-0.4, -0.2) is 0 Å². The lowest BCUT2D eigenvalue weighted by atomic mass is 9.66. The van der Waals surface area contributed by atoms with Crippen molar-refractivity contribution in [2.45, 2.75) is 56.8 Å². The van der Waals surface area contributed by atoms with Gasteiger partial charge in [0, 0.05) is 0 Å². The summed E-state index contributed by atoms with van der Waals surface area (Å²) in [5, 5.41) is 9.80. The maximum absolute atomic E-state index is 9.80. The summed E-state index contributed by atoms with van der Waals surface area (Å²) in [6.45, 7) is 0. The van der Waals surface area contributed by atoms with Crippen molar-refractivity contribution in [2.24, 2.45) is 5.92 Å². The van der Waals surface area contributed by atoms with Gasteiger partial charge in [0.15, 0.2) is 0 Å². The summed E-state index contributed by atoms with van der Waals surface area (Å²) in [6.07, 6.45) is 9.91.